The summed E-state index contributed by atoms with van der Waals surface area (Å²) in [7, 11) is 0. The topological polar surface area (TPSA) is 54.5 Å². The largest absolute Gasteiger partial charge is 0.366 e. The maximum atomic E-state index is 12.7. The minimum Gasteiger partial charge on any atom is -0.366 e. The number of benzene rings is 1. The van der Waals surface area contributed by atoms with Crippen LogP contribution in [0.3, 0.4) is 0 Å². The summed E-state index contributed by atoms with van der Waals surface area (Å²) in [6.45, 7) is 1.82. The predicted octanol–water partition coefficient (Wildman–Crippen LogP) is 3.97. The van der Waals surface area contributed by atoms with Crippen molar-refractivity contribution in [1.82, 2.24) is 10.3 Å². The van der Waals surface area contributed by atoms with Crippen LogP contribution in [0, 0.1) is 0 Å². The number of carbonyl (C=O) groups excluding carboxylic acids is 1. The quantitative estimate of drug-likeness (QED) is 0.836. The van der Waals surface area contributed by atoms with Crippen molar-refractivity contribution < 1.29 is 9.53 Å². The van der Waals surface area contributed by atoms with Crippen LogP contribution in [0.2, 0.25) is 0 Å². The number of pyridine rings is 1. The van der Waals surface area contributed by atoms with Crippen molar-refractivity contribution in [2.75, 3.05) is 18.0 Å². The van der Waals surface area contributed by atoms with Gasteiger partial charge in [0.2, 0.25) is 5.91 Å². The van der Waals surface area contributed by atoms with Gasteiger partial charge in [0.1, 0.15) is 5.82 Å². The Morgan fingerprint density at radius 3 is 2.63 bits per heavy atom. The van der Waals surface area contributed by atoms with Gasteiger partial charge in [0.05, 0.1) is 18.1 Å². The van der Waals surface area contributed by atoms with Crippen LogP contribution in [-0.2, 0) is 21.6 Å². The van der Waals surface area contributed by atoms with E-state index >= 15 is 0 Å². The molecule has 2 aliphatic heterocycles. The number of rotatable bonds is 4. The number of fused-ring (bicyclic) bond motifs is 2. The molecule has 1 unspecified atom stereocenters. The predicted molar refractivity (Wildman–Crippen MR) is 117 cm³/mol. The molecule has 3 heterocycles. The summed E-state index contributed by atoms with van der Waals surface area (Å²) in [5.74, 6) is 1.18. The zero-order valence-electron chi connectivity index (χ0n) is 17.6. The molecule has 1 N–H and O–H groups in total. The summed E-state index contributed by atoms with van der Waals surface area (Å²) in [4.78, 5) is 19.5. The number of piperidine rings is 1. The molecular formula is C25H31N3O2. The van der Waals surface area contributed by atoms with E-state index in [2.05, 4.69) is 45.5 Å². The third-order valence-corrected chi connectivity index (χ3v) is 7.03. The fraction of sp³-hybridized carbons (Fsp3) is 0.520. The Morgan fingerprint density at radius 2 is 1.87 bits per heavy atom. The molecule has 30 heavy (non-hydrogen) atoms. The lowest BCUT2D eigenvalue weighted by Crippen LogP contribution is -2.50. The fourth-order valence-corrected chi connectivity index (χ4v) is 5.51. The van der Waals surface area contributed by atoms with Gasteiger partial charge in [-0.2, -0.15) is 0 Å². The number of ether oxygens (including phenoxy) is 1. The molecule has 5 rings (SSSR count). The molecule has 0 bridgehead atoms. The van der Waals surface area contributed by atoms with Gasteiger partial charge in [-0.25, -0.2) is 4.98 Å². The van der Waals surface area contributed by atoms with Gasteiger partial charge in [0, 0.05) is 25.3 Å². The maximum absolute atomic E-state index is 12.7. The molecule has 1 saturated heterocycles. The number of hydrogen-bond acceptors (Lipinski definition) is 4. The van der Waals surface area contributed by atoms with Crippen LogP contribution >= 0.6 is 0 Å². The van der Waals surface area contributed by atoms with Crippen LogP contribution in [0.4, 0.5) is 5.82 Å². The minimum absolute atomic E-state index is 0.0531. The second kappa shape index (κ2) is 8.38. The lowest BCUT2D eigenvalue weighted by molar-refractivity contribution is -0.142. The molecule has 1 amide bonds. The summed E-state index contributed by atoms with van der Waals surface area (Å²) >= 11 is 0. The number of nitrogens with one attached hydrogen (secondary N) is 1. The normalized spacial score (nSPS) is 23.3. The standard InChI is InChI=1S/C25H31N3O2/c29-24(27-20-8-2-3-9-20)18-21-17-19-7-1-4-10-22(19)25(30-21)12-15-28(16-13-25)23-11-5-6-14-26-23/h1,4-7,10-11,14,20-21H,2-3,8-9,12-13,15-18H2,(H,27,29). The summed E-state index contributed by atoms with van der Waals surface area (Å²) in [5, 5.41) is 3.23. The van der Waals surface area contributed by atoms with E-state index in [0.29, 0.717) is 12.5 Å². The van der Waals surface area contributed by atoms with Crippen molar-refractivity contribution in [3.05, 3.63) is 59.8 Å². The van der Waals surface area contributed by atoms with Gasteiger partial charge >= 0.3 is 0 Å². The van der Waals surface area contributed by atoms with Crippen molar-refractivity contribution in [3.63, 3.8) is 0 Å². The Hall–Kier alpha value is -2.40. The molecule has 2 fully saturated rings. The Labute approximate surface area is 178 Å². The highest BCUT2D eigenvalue weighted by atomic mass is 16.5. The number of aromatic nitrogens is 1. The fourth-order valence-electron chi connectivity index (χ4n) is 5.51. The molecule has 1 atom stereocenters. The van der Waals surface area contributed by atoms with E-state index in [0.717, 1.165) is 51.0 Å². The molecular weight excluding hydrogens is 374 g/mol. The number of amides is 1. The van der Waals surface area contributed by atoms with Crippen molar-refractivity contribution in [2.24, 2.45) is 0 Å². The zero-order chi connectivity index (χ0) is 20.4. The summed E-state index contributed by atoms with van der Waals surface area (Å²) < 4.78 is 6.75. The van der Waals surface area contributed by atoms with Gasteiger partial charge in [-0.1, -0.05) is 43.2 Å². The van der Waals surface area contributed by atoms with Gasteiger partial charge in [-0.15, -0.1) is 0 Å². The van der Waals surface area contributed by atoms with E-state index in [1.807, 2.05) is 18.3 Å². The van der Waals surface area contributed by atoms with Gasteiger partial charge < -0.3 is 15.0 Å². The zero-order valence-corrected chi connectivity index (χ0v) is 17.6. The monoisotopic (exact) mass is 405 g/mol. The first-order valence-corrected chi connectivity index (χ1v) is 11.4. The van der Waals surface area contributed by atoms with Crippen molar-refractivity contribution in [2.45, 2.75) is 69.1 Å². The third kappa shape index (κ3) is 3.95. The Balaban J connectivity index is 1.31. The summed E-state index contributed by atoms with van der Waals surface area (Å²) in [6, 6.07) is 15.1. The lowest BCUT2D eigenvalue weighted by Gasteiger charge is -2.47. The van der Waals surface area contributed by atoms with Crippen LogP contribution in [0.15, 0.2) is 48.7 Å². The SMILES string of the molecule is O=C(CC1Cc2ccccc2C2(CCN(c3ccccn3)CC2)O1)NC1CCCC1. The molecule has 5 heteroatoms. The smallest absolute Gasteiger partial charge is 0.222 e. The first-order valence-electron chi connectivity index (χ1n) is 11.4. The molecule has 158 valence electrons. The average Bonchev–Trinajstić information content (AvgIpc) is 3.28. The van der Waals surface area contributed by atoms with Gasteiger partial charge in [-0.05, 0) is 55.4 Å². The number of carbonyl (C=O) groups is 1. The van der Waals surface area contributed by atoms with Crippen LogP contribution in [0.1, 0.15) is 56.1 Å². The maximum Gasteiger partial charge on any atom is 0.222 e. The molecule has 1 aromatic heterocycles. The van der Waals surface area contributed by atoms with E-state index < -0.39 is 0 Å². The highest BCUT2D eigenvalue weighted by Crippen LogP contribution is 2.44. The second-order valence-electron chi connectivity index (χ2n) is 9.02. The average molecular weight is 406 g/mol. The van der Waals surface area contributed by atoms with E-state index in [9.17, 15) is 4.79 Å². The Bertz CT molecular complexity index is 871. The highest BCUT2D eigenvalue weighted by Gasteiger charge is 2.44. The van der Waals surface area contributed by atoms with Crippen molar-refractivity contribution in [1.29, 1.82) is 0 Å². The first kappa shape index (κ1) is 19.6. The van der Waals surface area contributed by atoms with Gasteiger partial charge in [-0.3, -0.25) is 4.79 Å². The molecule has 1 aromatic carbocycles. The molecule has 5 nitrogen and oxygen atoms in total. The number of hydrogen-bond donors (Lipinski definition) is 1. The van der Waals surface area contributed by atoms with Crippen molar-refractivity contribution >= 4 is 11.7 Å². The van der Waals surface area contributed by atoms with Crippen LogP contribution in [-0.4, -0.2) is 36.1 Å². The second-order valence-corrected chi connectivity index (χ2v) is 9.02. The molecule has 3 aliphatic rings. The summed E-state index contributed by atoms with van der Waals surface area (Å²) in [6.07, 6.45) is 9.61. The van der Waals surface area contributed by atoms with Crippen LogP contribution < -0.4 is 10.2 Å². The Morgan fingerprint density at radius 1 is 1.10 bits per heavy atom. The van der Waals surface area contributed by atoms with E-state index in [1.165, 1.54) is 24.0 Å². The van der Waals surface area contributed by atoms with Crippen LogP contribution in [0.25, 0.3) is 0 Å². The lowest BCUT2D eigenvalue weighted by atomic mass is 9.78. The van der Waals surface area contributed by atoms with Gasteiger partial charge in [0.25, 0.3) is 0 Å². The Kier molecular flexibility index (Phi) is 5.47. The third-order valence-electron chi connectivity index (χ3n) is 7.03. The molecule has 1 aliphatic carbocycles. The van der Waals surface area contributed by atoms with Gasteiger partial charge in [0.15, 0.2) is 0 Å². The molecule has 0 radical (unpaired) electrons. The molecule has 1 spiro atoms. The first-order chi connectivity index (χ1) is 14.7. The number of nitrogens with zero attached hydrogens (tertiary/aromatic N) is 2. The minimum atomic E-state index is -0.293. The number of anilines is 1. The summed E-state index contributed by atoms with van der Waals surface area (Å²) in [5.41, 5.74) is 2.37. The van der Waals surface area contributed by atoms with E-state index in [1.54, 1.807) is 0 Å². The highest BCUT2D eigenvalue weighted by molar-refractivity contribution is 5.77. The van der Waals surface area contributed by atoms with E-state index in [4.69, 9.17) is 4.74 Å². The van der Waals surface area contributed by atoms with E-state index in [-0.39, 0.29) is 17.6 Å². The molecule has 2 aromatic rings. The van der Waals surface area contributed by atoms with Crippen LogP contribution in [0.5, 0.6) is 0 Å². The molecule has 1 saturated carbocycles. The van der Waals surface area contributed by atoms with Crippen molar-refractivity contribution in [3.8, 4) is 0 Å².